The Hall–Kier alpha value is -1.78. The summed E-state index contributed by atoms with van der Waals surface area (Å²) in [5.74, 6) is 0. The molecule has 2 aromatic carbocycles. The predicted molar refractivity (Wildman–Crippen MR) is 87.1 cm³/mol. The molecule has 0 spiro atoms. The van der Waals surface area contributed by atoms with E-state index in [1.54, 1.807) is 36.5 Å². The molecule has 0 radical (unpaired) electrons. The number of fused-ring (bicyclic) bond motifs is 1. The minimum absolute atomic E-state index is 0.310. The van der Waals surface area contributed by atoms with Gasteiger partial charge in [-0.25, -0.2) is 8.42 Å². The highest BCUT2D eigenvalue weighted by Crippen LogP contribution is 2.41. The summed E-state index contributed by atoms with van der Waals surface area (Å²) >= 11 is 6.09. The van der Waals surface area contributed by atoms with Crippen LogP contribution in [0.15, 0.2) is 64.5 Å². The van der Waals surface area contributed by atoms with Gasteiger partial charge in [0, 0.05) is 28.2 Å². The lowest BCUT2D eigenvalue weighted by molar-refractivity contribution is 0.596. The van der Waals surface area contributed by atoms with E-state index in [9.17, 15) is 8.42 Å². The van der Waals surface area contributed by atoms with Crippen molar-refractivity contribution in [3.63, 3.8) is 0 Å². The molecular formula is C17H14ClNO2S. The SMILES string of the molecule is O=S(=O)(c1ccccc1)c1cn(C2CC2)c2ccc(Cl)cc12. The van der Waals surface area contributed by atoms with Crippen molar-refractivity contribution in [1.29, 1.82) is 0 Å². The molecule has 22 heavy (non-hydrogen) atoms. The largest absolute Gasteiger partial charge is 0.343 e. The Morgan fingerprint density at radius 2 is 1.77 bits per heavy atom. The first-order chi connectivity index (χ1) is 10.6. The molecule has 1 aliphatic carbocycles. The summed E-state index contributed by atoms with van der Waals surface area (Å²) < 4.78 is 28.0. The third-order valence-electron chi connectivity index (χ3n) is 4.04. The van der Waals surface area contributed by atoms with Crippen LogP contribution < -0.4 is 0 Å². The number of benzene rings is 2. The molecule has 0 atom stereocenters. The summed E-state index contributed by atoms with van der Waals surface area (Å²) in [6.07, 6.45) is 3.95. The van der Waals surface area contributed by atoms with Crippen molar-refractivity contribution < 1.29 is 8.42 Å². The third-order valence-corrected chi connectivity index (χ3v) is 6.07. The zero-order chi connectivity index (χ0) is 15.3. The molecule has 0 aliphatic heterocycles. The molecule has 0 unspecified atom stereocenters. The minimum atomic E-state index is -3.55. The first kappa shape index (κ1) is 13.9. The molecule has 0 saturated heterocycles. The molecule has 3 nitrogen and oxygen atoms in total. The summed E-state index contributed by atoms with van der Waals surface area (Å²) in [4.78, 5) is 0.646. The van der Waals surface area contributed by atoms with Crippen molar-refractivity contribution in [1.82, 2.24) is 4.57 Å². The summed E-state index contributed by atoms with van der Waals surface area (Å²) in [7, 11) is -3.55. The molecule has 0 bridgehead atoms. The number of rotatable bonds is 3. The molecule has 4 rings (SSSR count). The maximum Gasteiger partial charge on any atom is 0.208 e. The molecule has 112 valence electrons. The van der Waals surface area contributed by atoms with Crippen LogP contribution in [0.3, 0.4) is 0 Å². The Morgan fingerprint density at radius 1 is 1.05 bits per heavy atom. The van der Waals surface area contributed by atoms with Crippen LogP contribution in [-0.2, 0) is 9.84 Å². The molecule has 5 heteroatoms. The van der Waals surface area contributed by atoms with Gasteiger partial charge in [0.2, 0.25) is 9.84 Å². The number of sulfone groups is 1. The predicted octanol–water partition coefficient (Wildman–Crippen LogP) is 4.46. The normalized spacial score (nSPS) is 15.3. The molecular weight excluding hydrogens is 318 g/mol. The van der Waals surface area contributed by atoms with E-state index in [2.05, 4.69) is 4.57 Å². The van der Waals surface area contributed by atoms with Gasteiger partial charge in [0.25, 0.3) is 0 Å². The third kappa shape index (κ3) is 2.14. The van der Waals surface area contributed by atoms with E-state index in [1.165, 1.54) is 0 Å². The lowest BCUT2D eigenvalue weighted by Gasteiger charge is -2.02. The summed E-state index contributed by atoms with van der Waals surface area (Å²) in [5.41, 5.74) is 0.932. The van der Waals surface area contributed by atoms with Gasteiger partial charge >= 0.3 is 0 Å². The van der Waals surface area contributed by atoms with Crippen molar-refractivity contribution in [3.8, 4) is 0 Å². The van der Waals surface area contributed by atoms with Crippen molar-refractivity contribution in [2.75, 3.05) is 0 Å². The van der Waals surface area contributed by atoms with E-state index in [0.29, 0.717) is 26.2 Å². The van der Waals surface area contributed by atoms with Crippen LogP contribution in [0.1, 0.15) is 18.9 Å². The number of halogens is 1. The molecule has 1 saturated carbocycles. The molecule has 0 amide bonds. The highest BCUT2D eigenvalue weighted by molar-refractivity contribution is 7.91. The fourth-order valence-corrected chi connectivity index (χ4v) is 4.44. The number of hydrogen-bond acceptors (Lipinski definition) is 2. The van der Waals surface area contributed by atoms with E-state index in [0.717, 1.165) is 18.4 Å². The average Bonchev–Trinajstić information content (AvgIpc) is 3.29. The molecule has 1 aromatic heterocycles. The minimum Gasteiger partial charge on any atom is -0.343 e. The zero-order valence-electron chi connectivity index (χ0n) is 11.7. The number of nitrogens with zero attached hydrogens (tertiary/aromatic N) is 1. The van der Waals surface area contributed by atoms with Gasteiger partial charge < -0.3 is 4.57 Å². The van der Waals surface area contributed by atoms with Crippen molar-refractivity contribution in [2.24, 2.45) is 0 Å². The van der Waals surface area contributed by atoms with Gasteiger partial charge in [-0.2, -0.15) is 0 Å². The van der Waals surface area contributed by atoms with E-state index in [1.807, 2.05) is 18.2 Å². The lowest BCUT2D eigenvalue weighted by atomic mass is 10.2. The Kier molecular flexibility index (Phi) is 3.06. The fourth-order valence-electron chi connectivity index (χ4n) is 2.79. The van der Waals surface area contributed by atoms with Gasteiger partial charge in [-0.15, -0.1) is 0 Å². The van der Waals surface area contributed by atoms with Crippen LogP contribution in [0.5, 0.6) is 0 Å². The van der Waals surface area contributed by atoms with Crippen molar-refractivity contribution in [2.45, 2.75) is 28.7 Å². The molecule has 1 heterocycles. The van der Waals surface area contributed by atoms with Crippen molar-refractivity contribution in [3.05, 3.63) is 59.8 Å². The van der Waals surface area contributed by atoms with E-state index < -0.39 is 9.84 Å². The lowest BCUT2D eigenvalue weighted by Crippen LogP contribution is -2.01. The van der Waals surface area contributed by atoms with Crippen LogP contribution in [0.4, 0.5) is 0 Å². The second-order valence-corrected chi connectivity index (χ2v) is 7.96. The van der Waals surface area contributed by atoms with Gasteiger partial charge in [-0.1, -0.05) is 29.8 Å². The monoisotopic (exact) mass is 331 g/mol. The van der Waals surface area contributed by atoms with Crippen LogP contribution in [0.25, 0.3) is 10.9 Å². The Balaban J connectivity index is 2.01. The summed E-state index contributed by atoms with van der Waals surface area (Å²) in [5, 5.41) is 1.24. The van der Waals surface area contributed by atoms with Crippen LogP contribution in [-0.4, -0.2) is 13.0 Å². The zero-order valence-corrected chi connectivity index (χ0v) is 13.3. The quantitative estimate of drug-likeness (QED) is 0.710. The molecule has 0 N–H and O–H groups in total. The van der Waals surface area contributed by atoms with Gasteiger partial charge in [-0.05, 0) is 43.2 Å². The summed E-state index contributed by atoms with van der Waals surface area (Å²) in [6.45, 7) is 0. The first-order valence-corrected chi connectivity index (χ1v) is 9.04. The fraction of sp³-hybridized carbons (Fsp3) is 0.176. The standard InChI is InChI=1S/C17H14ClNO2S/c18-12-6-9-16-15(10-12)17(11-19(16)13-7-8-13)22(20,21)14-4-2-1-3-5-14/h1-6,9-11,13H,7-8H2. The van der Waals surface area contributed by atoms with Crippen LogP contribution in [0.2, 0.25) is 5.02 Å². The average molecular weight is 332 g/mol. The van der Waals surface area contributed by atoms with E-state index in [4.69, 9.17) is 11.6 Å². The van der Waals surface area contributed by atoms with Gasteiger partial charge in [-0.3, -0.25) is 0 Å². The number of hydrogen-bond donors (Lipinski definition) is 0. The van der Waals surface area contributed by atoms with E-state index in [-0.39, 0.29) is 0 Å². The molecule has 3 aromatic rings. The Bertz CT molecular complexity index is 957. The maximum atomic E-state index is 13.0. The molecule has 1 fully saturated rings. The maximum absolute atomic E-state index is 13.0. The highest BCUT2D eigenvalue weighted by atomic mass is 35.5. The van der Waals surface area contributed by atoms with Gasteiger partial charge in [0.05, 0.1) is 9.79 Å². The Labute approximate surface area is 134 Å². The Morgan fingerprint density at radius 3 is 2.45 bits per heavy atom. The van der Waals surface area contributed by atoms with E-state index >= 15 is 0 Å². The topological polar surface area (TPSA) is 39.1 Å². The summed E-state index contributed by atoms with van der Waals surface area (Å²) in [6, 6.07) is 14.4. The smallest absolute Gasteiger partial charge is 0.208 e. The molecule has 1 aliphatic rings. The van der Waals surface area contributed by atoms with Crippen LogP contribution >= 0.6 is 11.6 Å². The van der Waals surface area contributed by atoms with Gasteiger partial charge in [0.15, 0.2) is 0 Å². The van der Waals surface area contributed by atoms with Crippen molar-refractivity contribution >= 4 is 32.3 Å². The second-order valence-electron chi connectivity index (χ2n) is 5.61. The first-order valence-electron chi connectivity index (χ1n) is 7.17. The van der Waals surface area contributed by atoms with Gasteiger partial charge in [0.1, 0.15) is 0 Å². The van der Waals surface area contributed by atoms with Crippen LogP contribution in [0, 0.1) is 0 Å². The highest BCUT2D eigenvalue weighted by Gasteiger charge is 2.29. The number of aromatic nitrogens is 1. The second kappa shape index (κ2) is 4.86.